The summed E-state index contributed by atoms with van der Waals surface area (Å²) in [6, 6.07) is 5.99. The zero-order valence-corrected chi connectivity index (χ0v) is 17.6. The summed E-state index contributed by atoms with van der Waals surface area (Å²) in [6.45, 7) is 2.19. The van der Waals surface area contributed by atoms with E-state index >= 15 is 0 Å². The summed E-state index contributed by atoms with van der Waals surface area (Å²) in [5.74, 6) is -2.57. The van der Waals surface area contributed by atoms with E-state index in [9.17, 15) is 26.3 Å². The van der Waals surface area contributed by atoms with Gasteiger partial charge in [0.05, 0.1) is 5.56 Å². The van der Waals surface area contributed by atoms with Crippen molar-refractivity contribution < 1.29 is 26.3 Å². The molecular weight excluding hydrogens is 414 g/mol. The van der Waals surface area contributed by atoms with Gasteiger partial charge in [-0.15, -0.1) is 0 Å². The Labute approximate surface area is 179 Å². The van der Waals surface area contributed by atoms with Crippen LogP contribution in [0.25, 0.3) is 11.1 Å². The topological polar surface area (TPSA) is 0 Å². The maximum atomic E-state index is 14.8. The quantitative estimate of drug-likeness (QED) is 0.283. The molecule has 0 N–H and O–H groups in total. The van der Waals surface area contributed by atoms with Crippen LogP contribution in [0.15, 0.2) is 30.3 Å². The van der Waals surface area contributed by atoms with Gasteiger partial charge in [-0.05, 0) is 66.8 Å². The average Bonchev–Trinajstić information content (AvgIpc) is 2.73. The zero-order chi connectivity index (χ0) is 22.5. The Morgan fingerprint density at radius 1 is 0.839 bits per heavy atom. The highest BCUT2D eigenvalue weighted by Crippen LogP contribution is 2.39. The molecule has 1 aliphatic carbocycles. The first-order chi connectivity index (χ1) is 14.8. The van der Waals surface area contributed by atoms with Gasteiger partial charge in [0, 0.05) is 5.56 Å². The fraction of sp³-hybridized carbons (Fsp3) is 0.520. The van der Waals surface area contributed by atoms with Gasteiger partial charge in [-0.25, -0.2) is 26.3 Å². The van der Waals surface area contributed by atoms with Gasteiger partial charge in [-0.2, -0.15) is 0 Å². The Morgan fingerprint density at radius 2 is 1.48 bits per heavy atom. The number of unbranched alkanes of at least 4 members (excludes halogenated alkanes) is 2. The highest BCUT2D eigenvalue weighted by atomic mass is 19.3. The second kappa shape index (κ2) is 10.6. The lowest BCUT2D eigenvalue weighted by Gasteiger charge is -2.29. The Morgan fingerprint density at radius 3 is 2.03 bits per heavy atom. The van der Waals surface area contributed by atoms with Gasteiger partial charge in [-0.3, -0.25) is 0 Å². The van der Waals surface area contributed by atoms with E-state index in [2.05, 4.69) is 6.92 Å². The van der Waals surface area contributed by atoms with Crippen LogP contribution in [0.2, 0.25) is 0 Å². The molecule has 6 heteroatoms. The molecule has 0 spiro atoms. The lowest BCUT2D eigenvalue weighted by atomic mass is 9.77. The lowest BCUT2D eigenvalue weighted by molar-refractivity contribution is 0.0455. The van der Waals surface area contributed by atoms with Crippen LogP contribution >= 0.6 is 0 Å². The van der Waals surface area contributed by atoms with Crippen molar-refractivity contribution in [3.05, 3.63) is 58.9 Å². The summed E-state index contributed by atoms with van der Waals surface area (Å²) in [4.78, 5) is 0. The first-order valence-electron chi connectivity index (χ1n) is 11.0. The van der Waals surface area contributed by atoms with Gasteiger partial charge in [0.1, 0.15) is 17.5 Å². The highest BCUT2D eigenvalue weighted by molar-refractivity contribution is 5.65. The summed E-state index contributed by atoms with van der Waals surface area (Å²) >= 11 is 0. The molecule has 0 nitrogen and oxygen atoms in total. The number of hydrogen-bond acceptors (Lipinski definition) is 0. The van der Waals surface area contributed by atoms with Crippen molar-refractivity contribution in [3.8, 4) is 11.1 Å². The third kappa shape index (κ3) is 5.64. The molecule has 1 atom stereocenters. The molecule has 1 aliphatic rings. The molecule has 0 heterocycles. The largest absolute Gasteiger partial charge is 0.273 e. The Bertz CT molecular complexity index is 847. The maximum Gasteiger partial charge on any atom is 0.273 e. The summed E-state index contributed by atoms with van der Waals surface area (Å²) in [5.41, 5.74) is -0.670. The molecule has 2 aromatic rings. The first-order valence-corrected chi connectivity index (χ1v) is 11.0. The van der Waals surface area contributed by atoms with Crippen molar-refractivity contribution in [2.24, 2.45) is 5.92 Å². The molecule has 1 fully saturated rings. The minimum Gasteiger partial charge on any atom is -0.236 e. The third-order valence-electron chi connectivity index (χ3n) is 6.41. The van der Waals surface area contributed by atoms with E-state index in [0.29, 0.717) is 12.1 Å². The van der Waals surface area contributed by atoms with E-state index < -0.39 is 35.6 Å². The van der Waals surface area contributed by atoms with Crippen LogP contribution in [-0.4, -0.2) is 6.43 Å². The van der Waals surface area contributed by atoms with E-state index in [0.717, 1.165) is 37.2 Å². The highest BCUT2D eigenvalue weighted by Gasteiger charge is 2.29. The van der Waals surface area contributed by atoms with Crippen LogP contribution < -0.4 is 0 Å². The molecule has 0 aliphatic heterocycles. The number of benzene rings is 2. The predicted molar refractivity (Wildman–Crippen MR) is 110 cm³/mol. The van der Waals surface area contributed by atoms with Gasteiger partial charge in [0.2, 0.25) is 0 Å². The SMILES string of the molecule is CCCCCC1CCC(c2ccc(-c3cc(F)c(C(F)C(F)F)c(F)c3)c(F)c2)CC1. The van der Waals surface area contributed by atoms with Crippen molar-refractivity contribution in [1.82, 2.24) is 0 Å². The van der Waals surface area contributed by atoms with E-state index in [1.54, 1.807) is 6.07 Å². The van der Waals surface area contributed by atoms with E-state index in [-0.39, 0.29) is 17.0 Å². The van der Waals surface area contributed by atoms with Crippen molar-refractivity contribution in [2.45, 2.75) is 76.8 Å². The van der Waals surface area contributed by atoms with Crippen LogP contribution in [-0.2, 0) is 0 Å². The van der Waals surface area contributed by atoms with Crippen LogP contribution in [0.3, 0.4) is 0 Å². The van der Waals surface area contributed by atoms with Crippen LogP contribution in [0, 0.1) is 23.4 Å². The Hall–Kier alpha value is -1.98. The molecule has 3 rings (SSSR count). The van der Waals surface area contributed by atoms with Gasteiger partial charge < -0.3 is 0 Å². The van der Waals surface area contributed by atoms with Gasteiger partial charge in [0.15, 0.2) is 6.17 Å². The number of halogens is 6. The number of rotatable bonds is 8. The fourth-order valence-corrected chi connectivity index (χ4v) is 4.62. The zero-order valence-electron chi connectivity index (χ0n) is 17.6. The summed E-state index contributed by atoms with van der Waals surface area (Å²) in [7, 11) is 0. The van der Waals surface area contributed by atoms with Gasteiger partial charge >= 0.3 is 0 Å². The number of hydrogen-bond donors (Lipinski definition) is 0. The van der Waals surface area contributed by atoms with Crippen molar-refractivity contribution in [3.63, 3.8) is 0 Å². The maximum absolute atomic E-state index is 14.8. The molecule has 2 aromatic carbocycles. The monoisotopic (exact) mass is 442 g/mol. The Kier molecular flexibility index (Phi) is 8.06. The molecule has 0 aromatic heterocycles. The molecule has 0 saturated heterocycles. The molecule has 1 saturated carbocycles. The molecule has 0 amide bonds. The molecule has 0 bridgehead atoms. The summed E-state index contributed by atoms with van der Waals surface area (Å²) in [6.07, 6.45) is 2.53. The van der Waals surface area contributed by atoms with Gasteiger partial charge in [-0.1, -0.05) is 44.7 Å². The van der Waals surface area contributed by atoms with Gasteiger partial charge in [0.25, 0.3) is 6.43 Å². The first kappa shape index (κ1) is 23.7. The molecule has 1 unspecified atom stereocenters. The number of alkyl halides is 3. The van der Waals surface area contributed by atoms with Crippen molar-refractivity contribution in [2.75, 3.05) is 0 Å². The third-order valence-corrected chi connectivity index (χ3v) is 6.41. The van der Waals surface area contributed by atoms with E-state index in [4.69, 9.17) is 0 Å². The minimum atomic E-state index is -3.55. The predicted octanol–water partition coefficient (Wildman–Crippen LogP) is 8.90. The van der Waals surface area contributed by atoms with Crippen molar-refractivity contribution >= 4 is 0 Å². The van der Waals surface area contributed by atoms with E-state index in [1.165, 1.54) is 37.8 Å². The van der Waals surface area contributed by atoms with E-state index in [1.807, 2.05) is 0 Å². The minimum absolute atomic E-state index is 0.0474. The normalized spacial score (nSPS) is 20.3. The van der Waals surface area contributed by atoms with Crippen LogP contribution in [0.5, 0.6) is 0 Å². The second-order valence-corrected chi connectivity index (χ2v) is 8.54. The smallest absolute Gasteiger partial charge is 0.236 e. The standard InChI is InChI=1S/C25H28F6/c1-2-3-4-5-15-6-8-16(9-7-15)17-10-11-19(20(26)12-17)18-13-21(27)23(22(28)14-18)24(29)25(30)31/h10-16,24-25H,2-9H2,1H3. The summed E-state index contributed by atoms with van der Waals surface area (Å²) < 4.78 is 81.5. The lowest BCUT2D eigenvalue weighted by Crippen LogP contribution is -2.13. The molecule has 0 radical (unpaired) electrons. The van der Waals surface area contributed by atoms with Crippen LogP contribution in [0.4, 0.5) is 26.3 Å². The van der Waals surface area contributed by atoms with Crippen LogP contribution in [0.1, 0.15) is 81.5 Å². The average molecular weight is 442 g/mol. The van der Waals surface area contributed by atoms with Crippen molar-refractivity contribution in [1.29, 1.82) is 0 Å². The summed E-state index contributed by atoms with van der Waals surface area (Å²) in [5, 5.41) is 0. The second-order valence-electron chi connectivity index (χ2n) is 8.54. The molecular formula is C25H28F6. The molecule has 31 heavy (non-hydrogen) atoms. The molecule has 170 valence electrons. The Balaban J connectivity index is 1.73. The fourth-order valence-electron chi connectivity index (χ4n) is 4.62.